The van der Waals surface area contributed by atoms with Gasteiger partial charge in [0.25, 0.3) is 0 Å². The van der Waals surface area contributed by atoms with E-state index in [0.717, 1.165) is 16.5 Å². The van der Waals surface area contributed by atoms with E-state index in [1.165, 1.54) is 0 Å². The Morgan fingerprint density at radius 1 is 1.30 bits per heavy atom. The Morgan fingerprint density at radius 3 is 2.78 bits per heavy atom. The van der Waals surface area contributed by atoms with Crippen LogP contribution in [0.1, 0.15) is 16.8 Å². The zero-order valence-electron chi connectivity index (χ0n) is 12.2. The monoisotopic (exact) mass is 310 g/mol. The number of azide groups is 1. The van der Waals surface area contributed by atoms with E-state index in [9.17, 15) is 9.59 Å². The average molecular weight is 310 g/mol. The van der Waals surface area contributed by atoms with Gasteiger partial charge in [-0.1, -0.05) is 17.2 Å². The fourth-order valence-corrected chi connectivity index (χ4v) is 2.84. The molecule has 0 aliphatic carbocycles. The highest BCUT2D eigenvalue weighted by molar-refractivity contribution is 5.99. The molecule has 116 valence electrons. The first kappa shape index (κ1) is 14.9. The molecule has 2 aromatic carbocycles. The summed E-state index contributed by atoms with van der Waals surface area (Å²) in [5.74, 6) is -0.931. The minimum absolute atomic E-state index is 0.00430. The van der Waals surface area contributed by atoms with Crippen LogP contribution in [0.25, 0.3) is 21.2 Å². The quantitative estimate of drug-likeness (QED) is 0.532. The van der Waals surface area contributed by atoms with Crippen LogP contribution in [0.3, 0.4) is 0 Å². The second-order valence-corrected chi connectivity index (χ2v) is 5.54. The van der Waals surface area contributed by atoms with Gasteiger partial charge in [0, 0.05) is 30.1 Å². The third-order valence-corrected chi connectivity index (χ3v) is 3.99. The van der Waals surface area contributed by atoms with Gasteiger partial charge in [-0.25, -0.2) is 4.79 Å². The summed E-state index contributed by atoms with van der Waals surface area (Å²) in [5, 5.41) is 14.2. The maximum Gasteiger partial charge on any atom is 0.335 e. The van der Waals surface area contributed by atoms with Crippen molar-refractivity contribution in [1.82, 2.24) is 0 Å². The predicted molar refractivity (Wildman–Crippen MR) is 85.4 cm³/mol. The molecular formula is C16H14N4O3. The van der Waals surface area contributed by atoms with Gasteiger partial charge in [0.05, 0.1) is 5.56 Å². The fraction of sp³-hybridized carbons (Fsp3) is 0.250. The molecule has 1 N–H and O–H groups in total. The summed E-state index contributed by atoms with van der Waals surface area (Å²) in [5.41, 5.74) is 9.38. The van der Waals surface area contributed by atoms with Gasteiger partial charge >= 0.3 is 5.97 Å². The molecule has 0 saturated carbocycles. The smallest absolute Gasteiger partial charge is 0.335 e. The highest BCUT2D eigenvalue weighted by Crippen LogP contribution is 2.28. The predicted octanol–water partition coefficient (Wildman–Crippen LogP) is 3.20. The SMILES string of the molecule is [N-]=[N+]=NCC1CC(=O)N(c2ccc3cc(C(=O)O)ccc3c2)C1. The van der Waals surface area contributed by atoms with Gasteiger partial charge in [-0.15, -0.1) is 0 Å². The normalized spacial score (nSPS) is 17.3. The number of carboxylic acid groups (broad SMARTS) is 1. The largest absolute Gasteiger partial charge is 0.478 e. The van der Waals surface area contributed by atoms with Gasteiger partial charge in [0.2, 0.25) is 5.91 Å². The number of nitrogens with zero attached hydrogens (tertiary/aromatic N) is 4. The van der Waals surface area contributed by atoms with Crippen LogP contribution in [-0.4, -0.2) is 30.1 Å². The topological polar surface area (TPSA) is 106 Å². The lowest BCUT2D eigenvalue weighted by atomic mass is 10.1. The second kappa shape index (κ2) is 5.98. The van der Waals surface area contributed by atoms with E-state index < -0.39 is 5.97 Å². The summed E-state index contributed by atoms with van der Waals surface area (Å²) in [7, 11) is 0. The van der Waals surface area contributed by atoms with E-state index in [-0.39, 0.29) is 17.4 Å². The maximum atomic E-state index is 12.1. The van der Waals surface area contributed by atoms with Crippen molar-refractivity contribution in [3.63, 3.8) is 0 Å². The number of hydrogen-bond donors (Lipinski definition) is 1. The van der Waals surface area contributed by atoms with E-state index in [1.54, 1.807) is 23.1 Å². The van der Waals surface area contributed by atoms with Crippen LogP contribution < -0.4 is 4.90 Å². The molecule has 7 heteroatoms. The number of fused-ring (bicyclic) bond motifs is 1. The highest BCUT2D eigenvalue weighted by Gasteiger charge is 2.30. The number of aromatic carboxylic acids is 1. The molecule has 1 fully saturated rings. The average Bonchev–Trinajstić information content (AvgIpc) is 2.92. The van der Waals surface area contributed by atoms with Gasteiger partial charge in [-0.2, -0.15) is 0 Å². The Morgan fingerprint density at radius 2 is 2.04 bits per heavy atom. The highest BCUT2D eigenvalue weighted by atomic mass is 16.4. The number of hydrogen-bond acceptors (Lipinski definition) is 3. The Balaban J connectivity index is 1.88. The summed E-state index contributed by atoms with van der Waals surface area (Å²) in [4.78, 5) is 27.6. The van der Waals surface area contributed by atoms with Crippen molar-refractivity contribution in [3.8, 4) is 0 Å². The van der Waals surface area contributed by atoms with Crippen LogP contribution in [-0.2, 0) is 4.79 Å². The molecule has 0 spiro atoms. The lowest BCUT2D eigenvalue weighted by Gasteiger charge is -2.17. The summed E-state index contributed by atoms with van der Waals surface area (Å²) in [6, 6.07) is 10.4. The van der Waals surface area contributed by atoms with Crippen LogP contribution in [0.4, 0.5) is 5.69 Å². The summed E-state index contributed by atoms with van der Waals surface area (Å²) >= 11 is 0. The van der Waals surface area contributed by atoms with E-state index in [0.29, 0.717) is 19.5 Å². The van der Waals surface area contributed by atoms with Crippen LogP contribution in [0.15, 0.2) is 41.5 Å². The number of amides is 1. The molecule has 1 heterocycles. The Bertz CT molecular complexity index is 842. The van der Waals surface area contributed by atoms with Crippen molar-refractivity contribution in [3.05, 3.63) is 52.4 Å². The molecule has 0 radical (unpaired) electrons. The van der Waals surface area contributed by atoms with Crippen molar-refractivity contribution in [1.29, 1.82) is 0 Å². The lowest BCUT2D eigenvalue weighted by Crippen LogP contribution is -2.24. The maximum absolute atomic E-state index is 12.1. The van der Waals surface area contributed by atoms with Gasteiger partial charge in [-0.05, 0) is 46.5 Å². The molecule has 1 saturated heterocycles. The van der Waals surface area contributed by atoms with E-state index >= 15 is 0 Å². The van der Waals surface area contributed by atoms with Gasteiger partial charge in [-0.3, -0.25) is 4.79 Å². The molecular weight excluding hydrogens is 296 g/mol. The van der Waals surface area contributed by atoms with Crippen molar-refractivity contribution in [2.75, 3.05) is 18.0 Å². The van der Waals surface area contributed by atoms with E-state index in [1.807, 2.05) is 18.2 Å². The fourth-order valence-electron chi connectivity index (χ4n) is 2.84. The summed E-state index contributed by atoms with van der Waals surface area (Å²) in [6.07, 6.45) is 0.370. The zero-order chi connectivity index (χ0) is 16.4. The number of benzene rings is 2. The van der Waals surface area contributed by atoms with Crippen molar-refractivity contribution < 1.29 is 14.7 Å². The van der Waals surface area contributed by atoms with Crippen LogP contribution in [0.2, 0.25) is 0 Å². The van der Waals surface area contributed by atoms with Gasteiger partial charge in [0.15, 0.2) is 0 Å². The standard InChI is InChI=1S/C16H14N4O3/c17-19-18-8-10-5-15(21)20(9-10)14-4-3-11-6-13(16(22)23)2-1-12(11)7-14/h1-4,6-7,10H,5,8-9H2,(H,22,23). The second-order valence-electron chi connectivity index (χ2n) is 5.54. The number of anilines is 1. The minimum Gasteiger partial charge on any atom is -0.478 e. The number of rotatable bonds is 4. The minimum atomic E-state index is -0.966. The van der Waals surface area contributed by atoms with Gasteiger partial charge < -0.3 is 10.0 Å². The molecule has 3 rings (SSSR count). The van der Waals surface area contributed by atoms with Crippen LogP contribution >= 0.6 is 0 Å². The van der Waals surface area contributed by atoms with Crippen LogP contribution in [0, 0.1) is 5.92 Å². The van der Waals surface area contributed by atoms with Crippen molar-refractivity contribution in [2.24, 2.45) is 11.0 Å². The Labute approximate surface area is 131 Å². The zero-order valence-corrected chi connectivity index (χ0v) is 12.2. The molecule has 0 bridgehead atoms. The third-order valence-electron chi connectivity index (χ3n) is 3.99. The Kier molecular flexibility index (Phi) is 3.87. The first-order valence-electron chi connectivity index (χ1n) is 7.17. The molecule has 2 aromatic rings. The first-order chi connectivity index (χ1) is 11.1. The molecule has 1 atom stereocenters. The van der Waals surface area contributed by atoms with E-state index in [4.69, 9.17) is 10.6 Å². The van der Waals surface area contributed by atoms with Crippen molar-refractivity contribution in [2.45, 2.75) is 6.42 Å². The number of carbonyl (C=O) groups excluding carboxylic acids is 1. The van der Waals surface area contributed by atoms with E-state index in [2.05, 4.69) is 10.0 Å². The number of carboxylic acids is 1. The molecule has 23 heavy (non-hydrogen) atoms. The molecule has 0 aromatic heterocycles. The molecule has 1 aliphatic rings. The third kappa shape index (κ3) is 2.95. The molecule has 1 unspecified atom stereocenters. The summed E-state index contributed by atoms with van der Waals surface area (Å²) in [6.45, 7) is 0.838. The lowest BCUT2D eigenvalue weighted by molar-refractivity contribution is -0.117. The van der Waals surface area contributed by atoms with Crippen LogP contribution in [0.5, 0.6) is 0 Å². The molecule has 7 nitrogen and oxygen atoms in total. The summed E-state index contributed by atoms with van der Waals surface area (Å²) < 4.78 is 0. The number of carbonyl (C=O) groups is 2. The Hall–Kier alpha value is -3.05. The van der Waals surface area contributed by atoms with Gasteiger partial charge in [0.1, 0.15) is 0 Å². The molecule has 1 aliphatic heterocycles. The molecule has 1 amide bonds. The van der Waals surface area contributed by atoms with Crippen molar-refractivity contribution >= 4 is 28.3 Å². The first-order valence-corrected chi connectivity index (χ1v) is 7.17.